The normalized spacial score (nSPS) is 19.8. The first kappa shape index (κ1) is 28.3. The Morgan fingerprint density at radius 1 is 0.975 bits per heavy atom. The van der Waals surface area contributed by atoms with Crippen LogP contribution in [0.15, 0.2) is 71.6 Å². The van der Waals surface area contributed by atoms with E-state index in [9.17, 15) is 27.2 Å². The Kier molecular flexibility index (Phi) is 8.58. The van der Waals surface area contributed by atoms with Crippen LogP contribution < -0.4 is 9.47 Å². The molecule has 10 heteroatoms. The summed E-state index contributed by atoms with van der Waals surface area (Å²) in [5, 5.41) is 10.1. The van der Waals surface area contributed by atoms with Crippen LogP contribution in [-0.4, -0.2) is 59.1 Å². The molecule has 1 saturated heterocycles. The molecule has 0 amide bonds. The van der Waals surface area contributed by atoms with Crippen LogP contribution in [0.4, 0.5) is 17.6 Å². The number of alkyl halides is 4. The van der Waals surface area contributed by atoms with Gasteiger partial charge >= 0.3 is 6.36 Å². The first-order chi connectivity index (χ1) is 19.2. The van der Waals surface area contributed by atoms with Crippen molar-refractivity contribution in [3.05, 3.63) is 83.4 Å². The SMILES string of the molecule is [O-][S+]1CCC(c2ccc(OC(F)(F)F)cc2)=C(c2ccc(O[C@H]3CCN(CCCF)C3)cc2)c2ccc(O)cc21. The number of halogens is 4. The number of rotatable bonds is 8. The molecule has 1 unspecified atom stereocenters. The van der Waals surface area contributed by atoms with Crippen LogP contribution in [0.25, 0.3) is 11.1 Å². The summed E-state index contributed by atoms with van der Waals surface area (Å²) in [6.07, 6.45) is -2.99. The van der Waals surface area contributed by atoms with E-state index in [2.05, 4.69) is 9.64 Å². The summed E-state index contributed by atoms with van der Waals surface area (Å²) < 4.78 is 74.0. The predicted molar refractivity (Wildman–Crippen MR) is 146 cm³/mol. The van der Waals surface area contributed by atoms with Gasteiger partial charge in [-0.2, -0.15) is 0 Å². The Morgan fingerprint density at radius 2 is 1.68 bits per heavy atom. The number of hydrogen-bond acceptors (Lipinski definition) is 5. The summed E-state index contributed by atoms with van der Waals surface area (Å²) in [6, 6.07) is 18.0. The molecule has 0 bridgehead atoms. The van der Waals surface area contributed by atoms with Gasteiger partial charge < -0.3 is 19.1 Å². The van der Waals surface area contributed by atoms with E-state index >= 15 is 0 Å². The van der Waals surface area contributed by atoms with E-state index in [1.807, 2.05) is 24.3 Å². The van der Waals surface area contributed by atoms with E-state index in [0.29, 0.717) is 41.2 Å². The van der Waals surface area contributed by atoms with E-state index in [-0.39, 0.29) is 30.0 Å². The van der Waals surface area contributed by atoms with Crippen LogP contribution in [0.1, 0.15) is 36.0 Å². The molecule has 0 aliphatic carbocycles. The standard InChI is InChI=1S/C30H29F4NO4S/c31-14-1-15-35-16-12-25(19-35)38-23-7-4-21(5-8-23)29-26(20-2-9-24(10-3-20)39-30(32,33)34)13-17-40(37)28-18-22(36)6-11-27(28)29/h2-11,18,25,36H,1,12-17,19H2/t25-,40?/m0/s1. The minimum atomic E-state index is -4.79. The molecule has 0 saturated carbocycles. The Labute approximate surface area is 233 Å². The molecular formula is C30H29F4NO4S. The topological polar surface area (TPSA) is 65.0 Å². The van der Waals surface area contributed by atoms with Crippen molar-refractivity contribution in [3.8, 4) is 17.2 Å². The Morgan fingerprint density at radius 3 is 2.38 bits per heavy atom. The molecule has 1 fully saturated rings. The molecule has 3 aromatic rings. The van der Waals surface area contributed by atoms with Gasteiger partial charge in [0.2, 0.25) is 0 Å². The maximum Gasteiger partial charge on any atom is 0.573 e. The minimum Gasteiger partial charge on any atom is -0.611 e. The molecule has 2 aliphatic rings. The highest BCUT2D eigenvalue weighted by molar-refractivity contribution is 7.91. The van der Waals surface area contributed by atoms with Crippen molar-refractivity contribution in [2.75, 3.05) is 32.1 Å². The number of fused-ring (bicyclic) bond motifs is 1. The van der Waals surface area contributed by atoms with Crippen molar-refractivity contribution in [3.63, 3.8) is 0 Å². The molecule has 0 radical (unpaired) electrons. The molecule has 2 aliphatic heterocycles. The van der Waals surface area contributed by atoms with Gasteiger partial charge in [-0.3, -0.25) is 9.29 Å². The molecule has 2 heterocycles. The van der Waals surface area contributed by atoms with Crippen molar-refractivity contribution in [2.24, 2.45) is 0 Å². The number of aromatic hydroxyl groups is 1. The molecule has 40 heavy (non-hydrogen) atoms. The highest BCUT2D eigenvalue weighted by Gasteiger charge is 2.32. The largest absolute Gasteiger partial charge is 0.611 e. The zero-order chi connectivity index (χ0) is 28.3. The average molecular weight is 576 g/mol. The smallest absolute Gasteiger partial charge is 0.573 e. The van der Waals surface area contributed by atoms with Gasteiger partial charge in [-0.1, -0.05) is 24.3 Å². The van der Waals surface area contributed by atoms with Gasteiger partial charge in [-0.25, -0.2) is 0 Å². The number of likely N-dealkylation sites (tertiary alicyclic amines) is 1. The number of phenolic OH excluding ortho intramolecular Hbond substituents is 1. The summed E-state index contributed by atoms with van der Waals surface area (Å²) in [5.41, 5.74) is 3.80. The van der Waals surface area contributed by atoms with Crippen LogP contribution in [0.5, 0.6) is 17.2 Å². The summed E-state index contributed by atoms with van der Waals surface area (Å²) >= 11 is -1.39. The second kappa shape index (κ2) is 12.1. The molecule has 1 N–H and O–H groups in total. The highest BCUT2D eigenvalue weighted by Crippen LogP contribution is 2.42. The number of phenols is 1. The fourth-order valence-electron chi connectivity index (χ4n) is 5.25. The fraction of sp³-hybridized carbons (Fsp3) is 0.333. The quantitative estimate of drug-likeness (QED) is 0.243. The zero-order valence-electron chi connectivity index (χ0n) is 21.6. The van der Waals surface area contributed by atoms with Crippen molar-refractivity contribution in [1.29, 1.82) is 0 Å². The van der Waals surface area contributed by atoms with Gasteiger partial charge in [-0.15, -0.1) is 13.2 Å². The van der Waals surface area contributed by atoms with E-state index in [1.165, 1.54) is 24.3 Å². The van der Waals surface area contributed by atoms with Crippen molar-refractivity contribution in [2.45, 2.75) is 36.6 Å². The van der Waals surface area contributed by atoms with Crippen LogP contribution in [-0.2, 0) is 11.2 Å². The van der Waals surface area contributed by atoms with Gasteiger partial charge in [0, 0.05) is 37.7 Å². The first-order valence-electron chi connectivity index (χ1n) is 13.1. The van der Waals surface area contributed by atoms with Gasteiger partial charge in [0.1, 0.15) is 29.1 Å². The molecule has 2 atom stereocenters. The fourth-order valence-corrected chi connectivity index (χ4v) is 6.52. The third-order valence-corrected chi connectivity index (χ3v) is 8.44. The number of nitrogens with zero attached hydrogens (tertiary/aromatic N) is 1. The first-order valence-corrected chi connectivity index (χ1v) is 14.4. The molecule has 0 spiro atoms. The second-order valence-corrected chi connectivity index (χ2v) is 11.3. The molecule has 212 valence electrons. The Hall–Kier alpha value is -3.21. The van der Waals surface area contributed by atoms with Crippen LogP contribution in [0.2, 0.25) is 0 Å². The van der Waals surface area contributed by atoms with Gasteiger partial charge in [0.05, 0.1) is 6.67 Å². The van der Waals surface area contributed by atoms with E-state index < -0.39 is 17.5 Å². The second-order valence-electron chi connectivity index (χ2n) is 9.80. The third kappa shape index (κ3) is 6.74. The lowest BCUT2D eigenvalue weighted by molar-refractivity contribution is -0.274. The minimum absolute atomic E-state index is 0.00409. The monoisotopic (exact) mass is 575 g/mol. The predicted octanol–water partition coefficient (Wildman–Crippen LogP) is 6.57. The summed E-state index contributed by atoms with van der Waals surface area (Å²) in [4.78, 5) is 2.69. The maximum atomic E-state index is 13.1. The van der Waals surface area contributed by atoms with Crippen LogP contribution >= 0.6 is 0 Å². The van der Waals surface area contributed by atoms with Gasteiger partial charge in [0.25, 0.3) is 0 Å². The number of ether oxygens (including phenoxy) is 2. The maximum absolute atomic E-state index is 13.1. The van der Waals surface area contributed by atoms with Gasteiger partial charge in [0.15, 0.2) is 4.90 Å². The van der Waals surface area contributed by atoms with Crippen molar-refractivity contribution >= 4 is 22.3 Å². The molecule has 5 nitrogen and oxygen atoms in total. The van der Waals surface area contributed by atoms with E-state index in [1.54, 1.807) is 18.2 Å². The molecule has 0 aromatic heterocycles. The molecule has 3 aromatic carbocycles. The van der Waals surface area contributed by atoms with Crippen LogP contribution in [0, 0.1) is 0 Å². The summed E-state index contributed by atoms with van der Waals surface area (Å²) in [6.45, 7) is 2.00. The lowest BCUT2D eigenvalue weighted by Gasteiger charge is -2.18. The lowest BCUT2D eigenvalue weighted by Crippen LogP contribution is -2.26. The third-order valence-electron chi connectivity index (χ3n) is 7.04. The molecule has 5 rings (SSSR count). The number of allylic oxidation sites excluding steroid dienone is 1. The summed E-state index contributed by atoms with van der Waals surface area (Å²) in [7, 11) is 0. The number of hydrogen-bond donors (Lipinski definition) is 1. The Balaban J connectivity index is 1.48. The van der Waals surface area contributed by atoms with Crippen LogP contribution in [0.3, 0.4) is 0 Å². The lowest BCUT2D eigenvalue weighted by atomic mass is 9.88. The van der Waals surface area contributed by atoms with E-state index in [0.717, 1.165) is 36.2 Å². The average Bonchev–Trinajstić information content (AvgIpc) is 3.31. The zero-order valence-corrected chi connectivity index (χ0v) is 22.4. The number of benzene rings is 3. The highest BCUT2D eigenvalue weighted by atomic mass is 32.2. The summed E-state index contributed by atoms with van der Waals surface area (Å²) in [5.74, 6) is 0.666. The van der Waals surface area contributed by atoms with Crippen molar-refractivity contribution < 1.29 is 36.7 Å². The van der Waals surface area contributed by atoms with E-state index in [4.69, 9.17) is 4.74 Å². The van der Waals surface area contributed by atoms with Crippen molar-refractivity contribution in [1.82, 2.24) is 4.90 Å². The molecular weight excluding hydrogens is 546 g/mol. The van der Waals surface area contributed by atoms with Gasteiger partial charge in [-0.05, 0) is 82.7 Å². The Bertz CT molecular complexity index is 1350.